The number of aromatic hydroxyl groups is 1. The third kappa shape index (κ3) is 5.01. The second-order valence-corrected chi connectivity index (χ2v) is 10.4. The molecule has 0 aliphatic carbocycles. The highest BCUT2D eigenvalue weighted by Gasteiger charge is 2.33. The fraction of sp³-hybridized carbons (Fsp3) is 0.129. The standard InChI is InChI=1S/C31H25N5O4S/c1-3-40-30(39)27-19(2)32-31-36(28(27)21-8-5-4-6-9-21)29(38)26(41-31)16-20-12-14-23(15-13-20)35-18-25(33-34-35)22-10-7-11-24(37)17-22/h4-18,28,37H,3H2,1-2H3/b26-16-. The summed E-state index contributed by atoms with van der Waals surface area (Å²) in [5, 5.41) is 18.2. The number of allylic oxidation sites excluding steroid dienone is 1. The van der Waals surface area contributed by atoms with Gasteiger partial charge in [0.2, 0.25) is 0 Å². The van der Waals surface area contributed by atoms with E-state index in [1.807, 2.05) is 66.7 Å². The van der Waals surface area contributed by atoms with Crippen LogP contribution in [0.3, 0.4) is 0 Å². The maximum atomic E-state index is 13.8. The van der Waals surface area contributed by atoms with Crippen molar-refractivity contribution in [2.45, 2.75) is 19.9 Å². The molecule has 3 aromatic carbocycles. The number of thiazole rings is 1. The molecule has 1 unspecified atom stereocenters. The van der Waals surface area contributed by atoms with Crippen molar-refractivity contribution in [3.8, 4) is 22.7 Å². The lowest BCUT2D eigenvalue weighted by Crippen LogP contribution is -2.39. The number of rotatable bonds is 6. The molecular weight excluding hydrogens is 538 g/mol. The van der Waals surface area contributed by atoms with Crippen molar-refractivity contribution >= 4 is 23.4 Å². The van der Waals surface area contributed by atoms with Gasteiger partial charge in [-0.2, -0.15) is 0 Å². The van der Waals surface area contributed by atoms with Crippen molar-refractivity contribution in [3.63, 3.8) is 0 Å². The number of fused-ring (bicyclic) bond motifs is 1. The summed E-state index contributed by atoms with van der Waals surface area (Å²) in [6.45, 7) is 3.75. The van der Waals surface area contributed by atoms with Gasteiger partial charge in [-0.05, 0) is 55.3 Å². The lowest BCUT2D eigenvalue weighted by Gasteiger charge is -2.24. The van der Waals surface area contributed by atoms with Gasteiger partial charge in [0.05, 0.1) is 40.3 Å². The van der Waals surface area contributed by atoms with E-state index in [2.05, 4.69) is 15.3 Å². The fourth-order valence-corrected chi connectivity index (χ4v) is 5.85. The summed E-state index contributed by atoms with van der Waals surface area (Å²) in [6, 6.07) is 23.2. The predicted molar refractivity (Wildman–Crippen MR) is 155 cm³/mol. The van der Waals surface area contributed by atoms with Gasteiger partial charge in [-0.1, -0.05) is 71.1 Å². The molecule has 1 aliphatic heterocycles. The molecule has 0 spiro atoms. The number of esters is 1. The van der Waals surface area contributed by atoms with Crippen LogP contribution in [0.2, 0.25) is 0 Å². The van der Waals surface area contributed by atoms with Gasteiger partial charge < -0.3 is 9.84 Å². The van der Waals surface area contributed by atoms with Gasteiger partial charge >= 0.3 is 5.97 Å². The average Bonchev–Trinajstić information content (AvgIpc) is 3.58. The number of aromatic nitrogens is 4. The molecule has 10 heteroatoms. The zero-order valence-corrected chi connectivity index (χ0v) is 23.1. The minimum atomic E-state index is -0.635. The van der Waals surface area contributed by atoms with Crippen LogP contribution in [-0.2, 0) is 9.53 Å². The highest BCUT2D eigenvalue weighted by atomic mass is 32.1. The van der Waals surface area contributed by atoms with Gasteiger partial charge in [0.1, 0.15) is 11.4 Å². The smallest absolute Gasteiger partial charge is 0.338 e. The molecular formula is C31H25N5O4S. The SMILES string of the molecule is CCOC(=O)C1=C(C)N=c2s/c(=C\c3ccc(-n4cc(-c5cccc(O)c5)nn4)cc3)c(=O)n2C1c1ccccc1. The molecule has 5 aromatic rings. The number of phenolic OH excluding ortho intramolecular Hbond substituents is 1. The van der Waals surface area contributed by atoms with Crippen molar-refractivity contribution in [2.24, 2.45) is 4.99 Å². The molecule has 1 aliphatic rings. The fourth-order valence-electron chi connectivity index (χ4n) is 4.80. The average molecular weight is 564 g/mol. The van der Waals surface area contributed by atoms with Crippen molar-refractivity contribution in [2.75, 3.05) is 6.61 Å². The molecule has 0 amide bonds. The van der Waals surface area contributed by atoms with Crippen LogP contribution >= 0.6 is 11.3 Å². The van der Waals surface area contributed by atoms with Crippen LogP contribution in [0.25, 0.3) is 23.0 Å². The first-order valence-electron chi connectivity index (χ1n) is 13.0. The first kappa shape index (κ1) is 26.1. The maximum absolute atomic E-state index is 13.8. The van der Waals surface area contributed by atoms with Gasteiger partial charge in [0, 0.05) is 5.56 Å². The summed E-state index contributed by atoms with van der Waals surface area (Å²) in [6.07, 6.45) is 3.60. The summed E-state index contributed by atoms with van der Waals surface area (Å²) in [4.78, 5) is 31.9. The van der Waals surface area contributed by atoms with Gasteiger partial charge in [0.15, 0.2) is 4.80 Å². The number of hydrogen-bond acceptors (Lipinski definition) is 8. The lowest BCUT2D eigenvalue weighted by atomic mass is 9.96. The molecule has 0 saturated carbocycles. The first-order valence-corrected chi connectivity index (χ1v) is 13.8. The van der Waals surface area contributed by atoms with Crippen LogP contribution in [0.5, 0.6) is 5.75 Å². The molecule has 2 aromatic heterocycles. The van der Waals surface area contributed by atoms with Crippen molar-refractivity contribution in [3.05, 3.63) is 127 Å². The summed E-state index contributed by atoms with van der Waals surface area (Å²) < 4.78 is 9.07. The Balaban J connectivity index is 1.36. The van der Waals surface area contributed by atoms with Gasteiger partial charge in [-0.3, -0.25) is 9.36 Å². The van der Waals surface area contributed by atoms with E-state index < -0.39 is 12.0 Å². The number of carbonyl (C=O) groups excluding carboxylic acids is 1. The third-order valence-corrected chi connectivity index (χ3v) is 7.71. The Morgan fingerprint density at radius 2 is 1.85 bits per heavy atom. The molecule has 1 atom stereocenters. The van der Waals surface area contributed by atoms with E-state index in [-0.39, 0.29) is 17.9 Å². The Morgan fingerprint density at radius 3 is 2.59 bits per heavy atom. The van der Waals surface area contributed by atoms with Gasteiger partial charge in [-0.25, -0.2) is 14.5 Å². The monoisotopic (exact) mass is 563 g/mol. The molecule has 6 rings (SSSR count). The zero-order valence-electron chi connectivity index (χ0n) is 22.3. The number of benzene rings is 3. The molecule has 0 bridgehead atoms. The van der Waals surface area contributed by atoms with Crippen LogP contribution in [0.4, 0.5) is 0 Å². The van der Waals surface area contributed by atoms with E-state index in [1.54, 1.807) is 47.5 Å². The Morgan fingerprint density at radius 1 is 1.07 bits per heavy atom. The molecule has 3 heterocycles. The topological polar surface area (TPSA) is 112 Å². The zero-order chi connectivity index (χ0) is 28.5. The summed E-state index contributed by atoms with van der Waals surface area (Å²) in [5.41, 5.74) is 4.49. The molecule has 41 heavy (non-hydrogen) atoms. The van der Waals surface area contributed by atoms with E-state index >= 15 is 0 Å². The molecule has 1 N–H and O–H groups in total. The molecule has 204 valence electrons. The second kappa shape index (κ2) is 10.8. The lowest BCUT2D eigenvalue weighted by molar-refractivity contribution is -0.139. The molecule has 0 fully saturated rings. The van der Waals surface area contributed by atoms with E-state index in [0.717, 1.165) is 22.4 Å². The van der Waals surface area contributed by atoms with E-state index in [0.29, 0.717) is 26.3 Å². The minimum Gasteiger partial charge on any atom is -0.508 e. The Bertz CT molecular complexity index is 1970. The van der Waals surface area contributed by atoms with Crippen molar-refractivity contribution in [1.29, 1.82) is 0 Å². The summed E-state index contributed by atoms with van der Waals surface area (Å²) >= 11 is 1.28. The van der Waals surface area contributed by atoms with Gasteiger partial charge in [0.25, 0.3) is 5.56 Å². The Hall–Kier alpha value is -5.09. The minimum absolute atomic E-state index is 0.161. The van der Waals surface area contributed by atoms with Crippen LogP contribution in [0.1, 0.15) is 31.0 Å². The number of carbonyl (C=O) groups is 1. The predicted octanol–water partition coefficient (Wildman–Crippen LogP) is 3.75. The highest BCUT2D eigenvalue weighted by molar-refractivity contribution is 7.07. The normalized spacial score (nSPS) is 15.0. The summed E-state index contributed by atoms with van der Waals surface area (Å²) in [5.74, 6) is -0.318. The van der Waals surface area contributed by atoms with E-state index in [1.165, 1.54) is 11.3 Å². The Labute approximate surface area is 238 Å². The van der Waals surface area contributed by atoms with Crippen LogP contribution in [0, 0.1) is 0 Å². The number of hydrogen-bond donors (Lipinski definition) is 1. The quantitative estimate of drug-likeness (QED) is 0.315. The van der Waals surface area contributed by atoms with Crippen molar-refractivity contribution in [1.82, 2.24) is 19.6 Å². The molecule has 9 nitrogen and oxygen atoms in total. The van der Waals surface area contributed by atoms with E-state index in [4.69, 9.17) is 4.74 Å². The first-order chi connectivity index (χ1) is 19.9. The summed E-state index contributed by atoms with van der Waals surface area (Å²) in [7, 11) is 0. The molecule has 0 saturated heterocycles. The number of nitrogens with zero attached hydrogens (tertiary/aromatic N) is 5. The van der Waals surface area contributed by atoms with Crippen LogP contribution in [0.15, 0.2) is 106 Å². The maximum Gasteiger partial charge on any atom is 0.338 e. The number of ether oxygens (including phenoxy) is 1. The third-order valence-electron chi connectivity index (χ3n) is 6.72. The highest BCUT2D eigenvalue weighted by Crippen LogP contribution is 2.30. The van der Waals surface area contributed by atoms with Crippen LogP contribution in [-0.4, -0.2) is 37.2 Å². The Kier molecular flexibility index (Phi) is 6.90. The largest absolute Gasteiger partial charge is 0.508 e. The molecule has 0 radical (unpaired) electrons. The van der Waals surface area contributed by atoms with E-state index in [9.17, 15) is 14.7 Å². The van der Waals surface area contributed by atoms with Crippen LogP contribution < -0.4 is 14.9 Å². The second-order valence-electron chi connectivity index (χ2n) is 9.40. The van der Waals surface area contributed by atoms with Gasteiger partial charge in [-0.15, -0.1) is 5.10 Å². The number of phenols is 1. The van der Waals surface area contributed by atoms with Crippen molar-refractivity contribution < 1.29 is 14.6 Å².